The third-order valence-electron chi connectivity index (χ3n) is 2.55. The van der Waals surface area contributed by atoms with Gasteiger partial charge in [0.25, 0.3) is 0 Å². The number of hydrogen-bond donors (Lipinski definition) is 0. The minimum atomic E-state index is -5.32. The number of hydrogen-bond acceptors (Lipinski definition) is 3. The zero-order valence-electron chi connectivity index (χ0n) is 8.16. The van der Waals surface area contributed by atoms with Gasteiger partial charge in [-0.25, -0.2) is 8.96 Å². The summed E-state index contributed by atoms with van der Waals surface area (Å²) in [4.78, 5) is 3.72. The molecule has 1 aliphatic rings. The third kappa shape index (κ3) is 1.60. The van der Waals surface area contributed by atoms with Gasteiger partial charge in [-0.05, 0) is 25.7 Å². The molecular formula is C8H9F3N2O2S. The van der Waals surface area contributed by atoms with Crippen molar-refractivity contribution in [2.75, 3.05) is 0 Å². The lowest BCUT2D eigenvalue weighted by Gasteiger charge is -2.15. The van der Waals surface area contributed by atoms with Crippen LogP contribution < -0.4 is 0 Å². The first kappa shape index (κ1) is 11.4. The van der Waals surface area contributed by atoms with E-state index < -0.39 is 15.5 Å². The highest BCUT2D eigenvalue weighted by molar-refractivity contribution is 7.90. The van der Waals surface area contributed by atoms with Crippen LogP contribution in [0.3, 0.4) is 0 Å². The molecular weight excluding hydrogens is 245 g/mol. The Morgan fingerprint density at radius 1 is 1.25 bits per heavy atom. The lowest BCUT2D eigenvalue weighted by molar-refractivity contribution is -0.0447. The van der Waals surface area contributed by atoms with E-state index in [2.05, 4.69) is 4.98 Å². The van der Waals surface area contributed by atoms with Gasteiger partial charge in [0, 0.05) is 0 Å². The fourth-order valence-corrected chi connectivity index (χ4v) is 2.64. The fourth-order valence-electron chi connectivity index (χ4n) is 1.76. The van der Waals surface area contributed by atoms with Crippen molar-refractivity contribution in [3.63, 3.8) is 0 Å². The highest BCUT2D eigenvalue weighted by atomic mass is 32.2. The van der Waals surface area contributed by atoms with Crippen LogP contribution in [0, 0.1) is 0 Å². The minimum absolute atomic E-state index is 0.170. The van der Waals surface area contributed by atoms with Crippen molar-refractivity contribution in [3.05, 3.63) is 17.7 Å². The van der Waals surface area contributed by atoms with Crippen LogP contribution >= 0.6 is 0 Å². The number of nitrogens with zero attached hydrogens (tertiary/aromatic N) is 2. The van der Waals surface area contributed by atoms with Crippen molar-refractivity contribution in [2.45, 2.75) is 31.2 Å². The number of imidazole rings is 1. The predicted molar refractivity (Wildman–Crippen MR) is 49.2 cm³/mol. The molecule has 0 atom stereocenters. The second-order valence-corrected chi connectivity index (χ2v) is 5.40. The molecule has 0 aliphatic heterocycles. The van der Waals surface area contributed by atoms with Gasteiger partial charge in [-0.3, -0.25) is 0 Å². The maximum absolute atomic E-state index is 12.3. The maximum Gasteiger partial charge on any atom is 0.517 e. The molecule has 16 heavy (non-hydrogen) atoms. The molecule has 8 heteroatoms. The van der Waals surface area contributed by atoms with E-state index in [1.807, 2.05) is 0 Å². The Labute approximate surface area is 90.1 Å². The Balaban J connectivity index is 2.54. The second-order valence-electron chi connectivity index (χ2n) is 3.59. The van der Waals surface area contributed by atoms with Crippen molar-refractivity contribution >= 4 is 10.0 Å². The number of aryl methyl sites for hydroxylation is 1. The molecule has 0 spiro atoms. The molecule has 1 aliphatic carbocycles. The minimum Gasteiger partial charge on any atom is -0.240 e. The van der Waals surface area contributed by atoms with Crippen molar-refractivity contribution in [2.24, 2.45) is 0 Å². The van der Waals surface area contributed by atoms with Crippen LogP contribution in [0.25, 0.3) is 0 Å². The zero-order valence-corrected chi connectivity index (χ0v) is 8.98. The Morgan fingerprint density at radius 3 is 2.50 bits per heavy atom. The Morgan fingerprint density at radius 2 is 1.88 bits per heavy atom. The zero-order chi connectivity index (χ0) is 12.0. The van der Waals surface area contributed by atoms with Crippen molar-refractivity contribution in [1.29, 1.82) is 0 Å². The number of halogens is 3. The van der Waals surface area contributed by atoms with Gasteiger partial charge in [0.1, 0.15) is 6.33 Å². The number of rotatable bonds is 1. The van der Waals surface area contributed by atoms with Crippen LogP contribution in [0.4, 0.5) is 13.2 Å². The topological polar surface area (TPSA) is 52.0 Å². The lowest BCUT2D eigenvalue weighted by Crippen LogP contribution is -2.31. The highest BCUT2D eigenvalue weighted by Gasteiger charge is 2.48. The first-order valence-corrected chi connectivity index (χ1v) is 6.15. The summed E-state index contributed by atoms with van der Waals surface area (Å²) in [6.07, 6.45) is 3.13. The average molecular weight is 254 g/mol. The summed E-state index contributed by atoms with van der Waals surface area (Å²) in [6.45, 7) is 0. The number of fused-ring (bicyclic) bond motifs is 1. The molecule has 0 radical (unpaired) electrons. The van der Waals surface area contributed by atoms with Crippen LogP contribution in [0.5, 0.6) is 0 Å². The highest BCUT2D eigenvalue weighted by Crippen LogP contribution is 2.29. The number of aromatic nitrogens is 2. The largest absolute Gasteiger partial charge is 0.517 e. The van der Waals surface area contributed by atoms with E-state index in [9.17, 15) is 21.6 Å². The van der Waals surface area contributed by atoms with Gasteiger partial charge in [0.2, 0.25) is 0 Å². The van der Waals surface area contributed by atoms with Crippen LogP contribution in [0.15, 0.2) is 6.33 Å². The molecule has 1 aromatic rings. The molecule has 0 amide bonds. The van der Waals surface area contributed by atoms with Gasteiger partial charge < -0.3 is 0 Å². The summed E-state index contributed by atoms with van der Waals surface area (Å²) >= 11 is 0. The molecule has 1 aromatic heterocycles. The predicted octanol–water partition coefficient (Wildman–Crippen LogP) is 1.46. The monoisotopic (exact) mass is 254 g/mol. The normalized spacial score (nSPS) is 17.2. The molecule has 0 fully saturated rings. The van der Waals surface area contributed by atoms with Gasteiger partial charge in [-0.1, -0.05) is 0 Å². The molecule has 0 saturated carbocycles. The van der Waals surface area contributed by atoms with E-state index in [0.29, 0.717) is 25.0 Å². The van der Waals surface area contributed by atoms with Crippen LogP contribution in [0.1, 0.15) is 24.2 Å². The Hall–Kier alpha value is -1.05. The van der Waals surface area contributed by atoms with Crippen LogP contribution in [-0.2, 0) is 22.9 Å². The second kappa shape index (κ2) is 3.47. The summed E-state index contributed by atoms with van der Waals surface area (Å²) in [6, 6.07) is 0. The molecule has 0 unspecified atom stereocenters. The summed E-state index contributed by atoms with van der Waals surface area (Å²) in [5.74, 6) is 0. The molecule has 2 rings (SSSR count). The van der Waals surface area contributed by atoms with Crippen molar-refractivity contribution in [1.82, 2.24) is 8.96 Å². The molecule has 0 aromatic carbocycles. The Kier molecular flexibility index (Phi) is 2.48. The molecule has 0 saturated heterocycles. The van der Waals surface area contributed by atoms with Gasteiger partial charge >= 0.3 is 15.5 Å². The van der Waals surface area contributed by atoms with Crippen LogP contribution in [0.2, 0.25) is 0 Å². The van der Waals surface area contributed by atoms with Crippen molar-refractivity contribution in [3.8, 4) is 0 Å². The summed E-state index contributed by atoms with van der Waals surface area (Å²) in [5, 5.41) is 0. The molecule has 0 N–H and O–H groups in total. The van der Waals surface area contributed by atoms with E-state index in [-0.39, 0.29) is 9.67 Å². The molecule has 1 heterocycles. The molecule has 4 nitrogen and oxygen atoms in total. The van der Waals surface area contributed by atoms with Gasteiger partial charge in [-0.2, -0.15) is 21.6 Å². The summed E-state index contributed by atoms with van der Waals surface area (Å²) < 4.78 is 59.6. The average Bonchev–Trinajstić information content (AvgIpc) is 2.59. The molecule has 90 valence electrons. The fraction of sp³-hybridized carbons (Fsp3) is 0.625. The molecule has 0 bridgehead atoms. The van der Waals surface area contributed by atoms with Gasteiger partial charge in [-0.15, -0.1) is 0 Å². The van der Waals surface area contributed by atoms with E-state index in [0.717, 1.165) is 12.7 Å². The first-order valence-electron chi connectivity index (χ1n) is 4.71. The number of alkyl halides is 3. The van der Waals surface area contributed by atoms with Crippen molar-refractivity contribution < 1.29 is 21.6 Å². The van der Waals surface area contributed by atoms with Gasteiger partial charge in [0.05, 0.1) is 11.4 Å². The maximum atomic E-state index is 12.3. The van der Waals surface area contributed by atoms with E-state index in [1.54, 1.807) is 0 Å². The Bertz CT molecular complexity index is 504. The smallest absolute Gasteiger partial charge is 0.240 e. The third-order valence-corrected chi connectivity index (χ3v) is 3.96. The summed E-state index contributed by atoms with van der Waals surface area (Å²) in [5.41, 5.74) is -4.65. The summed E-state index contributed by atoms with van der Waals surface area (Å²) in [7, 11) is -5.32. The van der Waals surface area contributed by atoms with E-state index in [1.165, 1.54) is 0 Å². The standard InChI is InChI=1S/C8H9F3N2O2S/c9-8(10,11)16(14,15)13-5-12-6-3-1-2-4-7(6)13/h5H,1-4H2. The van der Waals surface area contributed by atoms with Crippen LogP contribution in [-0.4, -0.2) is 22.9 Å². The SMILES string of the molecule is O=S(=O)(n1cnc2c1CCCC2)C(F)(F)F. The van der Waals surface area contributed by atoms with Gasteiger partial charge in [0.15, 0.2) is 0 Å². The first-order chi connectivity index (χ1) is 7.34. The van der Waals surface area contributed by atoms with E-state index >= 15 is 0 Å². The van der Waals surface area contributed by atoms with E-state index in [4.69, 9.17) is 0 Å². The quantitative estimate of drug-likeness (QED) is 0.762. The lowest BCUT2D eigenvalue weighted by atomic mass is 10.0.